The van der Waals surface area contributed by atoms with Gasteiger partial charge >= 0.3 is 0 Å². The monoisotopic (exact) mass is 403 g/mol. The van der Waals surface area contributed by atoms with Gasteiger partial charge in [0.2, 0.25) is 0 Å². The van der Waals surface area contributed by atoms with Crippen LogP contribution in [0.25, 0.3) is 0 Å². The third kappa shape index (κ3) is 5.34. The Hall–Kier alpha value is -1.82. The quantitative estimate of drug-likeness (QED) is 0.668. The lowest BCUT2D eigenvalue weighted by Gasteiger charge is -2.34. The second-order valence-corrected chi connectivity index (χ2v) is 7.73. The molecule has 0 atom stereocenters. The number of thiocarbonyl (C=S) groups is 1. The number of anilines is 3. The second kappa shape index (κ2) is 9.40. The Bertz CT molecular complexity index is 788. The maximum atomic E-state index is 6.26. The number of aryl methyl sites for hydroxylation is 1. The van der Waals surface area contributed by atoms with E-state index in [1.54, 1.807) is 4.90 Å². The van der Waals surface area contributed by atoms with Gasteiger partial charge in [-0.15, -0.1) is 0 Å². The number of hydrogen-bond donors (Lipinski definition) is 3. The van der Waals surface area contributed by atoms with Crippen LogP contribution >= 0.6 is 23.8 Å². The number of hydrogen-bond acceptors (Lipinski definition) is 2. The van der Waals surface area contributed by atoms with Crippen molar-refractivity contribution in [3.8, 4) is 0 Å². The van der Waals surface area contributed by atoms with E-state index in [9.17, 15) is 0 Å². The van der Waals surface area contributed by atoms with Crippen LogP contribution in [0.3, 0.4) is 0 Å². The highest BCUT2D eigenvalue weighted by Crippen LogP contribution is 2.29. The van der Waals surface area contributed by atoms with E-state index in [2.05, 4.69) is 47.6 Å². The van der Waals surface area contributed by atoms with Gasteiger partial charge in [0.1, 0.15) is 0 Å². The number of rotatable bonds is 5. The van der Waals surface area contributed by atoms with Crippen molar-refractivity contribution in [2.24, 2.45) is 0 Å². The molecular formula is C21H28ClN4S+. The summed E-state index contributed by atoms with van der Waals surface area (Å²) in [4.78, 5) is 4.07. The van der Waals surface area contributed by atoms with Crippen LogP contribution < -0.4 is 20.4 Å². The minimum atomic E-state index is 0.574. The summed E-state index contributed by atoms with van der Waals surface area (Å²) in [6.45, 7) is 9.98. The van der Waals surface area contributed by atoms with Crippen molar-refractivity contribution in [2.45, 2.75) is 20.3 Å². The summed E-state index contributed by atoms with van der Waals surface area (Å²) in [5.41, 5.74) is 4.38. The van der Waals surface area contributed by atoms with E-state index in [-0.39, 0.29) is 0 Å². The highest BCUT2D eigenvalue weighted by Gasteiger charge is 2.21. The molecule has 3 N–H and O–H groups in total. The van der Waals surface area contributed by atoms with E-state index >= 15 is 0 Å². The molecule has 1 saturated heterocycles. The molecule has 0 aromatic heterocycles. The van der Waals surface area contributed by atoms with Crippen LogP contribution in [0.2, 0.25) is 5.02 Å². The lowest BCUT2D eigenvalue weighted by Crippen LogP contribution is -3.14. The van der Waals surface area contributed by atoms with Crippen molar-refractivity contribution in [3.63, 3.8) is 0 Å². The molecule has 2 aromatic carbocycles. The molecule has 1 fully saturated rings. The molecule has 1 heterocycles. The molecule has 1 aliphatic rings. The SMILES string of the molecule is CCc1cccc(NC(=S)Nc2cc(Cl)ccc2N2CC[NH+](CC)CC2)c1. The lowest BCUT2D eigenvalue weighted by atomic mass is 10.1. The molecule has 0 unspecified atom stereocenters. The smallest absolute Gasteiger partial charge is 0.175 e. The van der Waals surface area contributed by atoms with Gasteiger partial charge in [-0.25, -0.2) is 0 Å². The number of halogens is 1. The fraction of sp³-hybridized carbons (Fsp3) is 0.381. The lowest BCUT2D eigenvalue weighted by molar-refractivity contribution is -0.898. The van der Waals surface area contributed by atoms with Crippen LogP contribution in [0, 0.1) is 0 Å². The zero-order valence-electron chi connectivity index (χ0n) is 16.0. The highest BCUT2D eigenvalue weighted by molar-refractivity contribution is 7.80. The molecule has 1 aliphatic heterocycles. The van der Waals surface area contributed by atoms with Gasteiger partial charge in [0, 0.05) is 10.7 Å². The molecule has 2 aromatic rings. The van der Waals surface area contributed by atoms with E-state index in [1.165, 1.54) is 12.1 Å². The van der Waals surface area contributed by atoms with Crippen LogP contribution in [-0.4, -0.2) is 37.8 Å². The summed E-state index contributed by atoms with van der Waals surface area (Å²) in [7, 11) is 0. The minimum absolute atomic E-state index is 0.574. The van der Waals surface area contributed by atoms with Gasteiger partial charge in [0.15, 0.2) is 5.11 Å². The van der Waals surface area contributed by atoms with Crippen LogP contribution in [0.4, 0.5) is 17.1 Å². The highest BCUT2D eigenvalue weighted by atomic mass is 35.5. The van der Waals surface area contributed by atoms with E-state index < -0.39 is 0 Å². The van der Waals surface area contributed by atoms with Gasteiger partial charge in [-0.05, 0) is 61.5 Å². The van der Waals surface area contributed by atoms with Crippen LogP contribution in [-0.2, 0) is 6.42 Å². The Morgan fingerprint density at radius 2 is 1.89 bits per heavy atom. The molecule has 0 saturated carbocycles. The largest absolute Gasteiger partial charge is 0.359 e. The zero-order valence-corrected chi connectivity index (χ0v) is 17.6. The van der Waals surface area contributed by atoms with E-state index in [1.807, 2.05) is 24.3 Å². The average Bonchev–Trinajstić information content (AvgIpc) is 2.68. The molecule has 27 heavy (non-hydrogen) atoms. The predicted molar refractivity (Wildman–Crippen MR) is 121 cm³/mol. The fourth-order valence-electron chi connectivity index (χ4n) is 3.46. The Labute approximate surface area is 172 Å². The van der Waals surface area contributed by atoms with Gasteiger partial charge in [0.05, 0.1) is 44.1 Å². The minimum Gasteiger partial charge on any atom is -0.359 e. The summed E-state index contributed by atoms with van der Waals surface area (Å²) in [6.07, 6.45) is 1.000. The van der Waals surface area contributed by atoms with Crippen LogP contribution in [0.1, 0.15) is 19.4 Å². The summed E-state index contributed by atoms with van der Waals surface area (Å²) >= 11 is 11.8. The topological polar surface area (TPSA) is 31.7 Å². The molecule has 0 amide bonds. The average molecular weight is 404 g/mol. The molecule has 0 bridgehead atoms. The Morgan fingerprint density at radius 1 is 1.11 bits per heavy atom. The summed E-state index contributed by atoms with van der Waals surface area (Å²) in [5, 5.41) is 7.91. The van der Waals surface area contributed by atoms with Crippen LogP contribution in [0.15, 0.2) is 42.5 Å². The number of quaternary nitrogens is 1. The Kier molecular flexibility index (Phi) is 6.94. The molecule has 0 radical (unpaired) electrons. The van der Waals surface area contributed by atoms with Crippen molar-refractivity contribution >= 4 is 46.0 Å². The molecule has 6 heteroatoms. The first kappa shape index (κ1) is 19.9. The van der Waals surface area contributed by atoms with E-state index in [4.69, 9.17) is 23.8 Å². The molecule has 144 valence electrons. The first-order valence-electron chi connectivity index (χ1n) is 9.64. The van der Waals surface area contributed by atoms with Crippen molar-refractivity contribution in [1.82, 2.24) is 0 Å². The zero-order chi connectivity index (χ0) is 19.2. The molecule has 4 nitrogen and oxygen atoms in total. The standard InChI is InChI=1S/C21H27ClN4S/c1-3-16-6-5-7-18(14-16)23-21(27)24-19-15-17(22)8-9-20(19)26-12-10-25(4-2)11-13-26/h5-9,14-15H,3-4,10-13H2,1-2H3,(H2,23,24,27)/p+1. The third-order valence-electron chi connectivity index (χ3n) is 5.11. The number of nitrogens with zero attached hydrogens (tertiary/aromatic N) is 1. The number of nitrogens with one attached hydrogen (secondary N) is 3. The maximum absolute atomic E-state index is 6.26. The maximum Gasteiger partial charge on any atom is 0.175 e. The van der Waals surface area contributed by atoms with E-state index in [0.717, 1.165) is 49.7 Å². The molecule has 3 rings (SSSR count). The normalized spacial score (nSPS) is 14.9. The first-order chi connectivity index (χ1) is 13.1. The first-order valence-corrected chi connectivity index (χ1v) is 10.4. The van der Waals surface area contributed by atoms with Gasteiger partial charge in [0.25, 0.3) is 0 Å². The summed E-state index contributed by atoms with van der Waals surface area (Å²) < 4.78 is 0. The number of likely N-dealkylation sites (N-methyl/N-ethyl adjacent to an activating group) is 1. The summed E-state index contributed by atoms with van der Waals surface area (Å²) in [5.74, 6) is 0. The van der Waals surface area contributed by atoms with E-state index in [0.29, 0.717) is 10.1 Å². The number of benzene rings is 2. The molecule has 0 spiro atoms. The Balaban J connectivity index is 1.72. The third-order valence-corrected chi connectivity index (χ3v) is 5.55. The predicted octanol–water partition coefficient (Wildman–Crippen LogP) is 3.44. The molecule has 0 aliphatic carbocycles. The molecular weight excluding hydrogens is 376 g/mol. The fourth-order valence-corrected chi connectivity index (χ4v) is 3.86. The van der Waals surface area contributed by atoms with Crippen molar-refractivity contribution in [2.75, 3.05) is 48.3 Å². The van der Waals surface area contributed by atoms with Crippen molar-refractivity contribution in [1.29, 1.82) is 0 Å². The van der Waals surface area contributed by atoms with Crippen molar-refractivity contribution < 1.29 is 4.90 Å². The van der Waals surface area contributed by atoms with Crippen LogP contribution in [0.5, 0.6) is 0 Å². The van der Waals surface area contributed by atoms with Crippen molar-refractivity contribution in [3.05, 3.63) is 53.1 Å². The van der Waals surface area contributed by atoms with Gasteiger partial charge in [-0.3, -0.25) is 0 Å². The van der Waals surface area contributed by atoms with Gasteiger partial charge < -0.3 is 20.4 Å². The summed E-state index contributed by atoms with van der Waals surface area (Å²) in [6, 6.07) is 14.3. The Morgan fingerprint density at radius 3 is 2.59 bits per heavy atom. The van der Waals surface area contributed by atoms with Gasteiger partial charge in [-0.2, -0.15) is 0 Å². The number of piperazine rings is 1. The van der Waals surface area contributed by atoms with Gasteiger partial charge in [-0.1, -0.05) is 30.7 Å². The second-order valence-electron chi connectivity index (χ2n) is 6.89.